The average Bonchev–Trinajstić information content (AvgIpc) is 0.787. The predicted octanol–water partition coefficient (Wildman–Crippen LogP) is 7.89. The third kappa shape index (κ3) is 28.4. The fraction of sp³-hybridized carbons (Fsp3) is 0.545. The molecule has 0 aromatic heterocycles. The van der Waals surface area contributed by atoms with Gasteiger partial charge in [-0.3, -0.25) is 9.59 Å². The van der Waals surface area contributed by atoms with Gasteiger partial charge in [0, 0.05) is 114 Å². The Bertz CT molecular complexity index is 2990. The molecule has 4 aromatic carbocycles. The molecular formula is C66H92Cl4N10O14. The van der Waals surface area contributed by atoms with Gasteiger partial charge in [-0.15, -0.1) is 0 Å². The molecule has 6 rings (SSSR count). The number of aliphatic hydroxyl groups is 2. The Morgan fingerprint density at radius 1 is 0.521 bits per heavy atom. The zero-order valence-electron chi connectivity index (χ0n) is 53.7. The van der Waals surface area contributed by atoms with Gasteiger partial charge in [-0.1, -0.05) is 82.8 Å². The fourth-order valence-electron chi connectivity index (χ4n) is 10.3. The van der Waals surface area contributed by atoms with E-state index in [9.17, 15) is 19.8 Å². The third-order valence-electron chi connectivity index (χ3n) is 15.0. The highest BCUT2D eigenvalue weighted by Crippen LogP contribution is 2.41. The molecule has 1 unspecified atom stereocenters. The minimum atomic E-state index is -1.70. The number of benzene rings is 4. The first-order chi connectivity index (χ1) is 45.8. The normalized spacial score (nSPS) is 15.9. The lowest BCUT2D eigenvalue weighted by atomic mass is 9.84. The molecule has 2 aliphatic rings. The highest BCUT2D eigenvalue weighted by atomic mass is 35.5. The highest BCUT2D eigenvalue weighted by Gasteiger charge is 2.30. The highest BCUT2D eigenvalue weighted by molar-refractivity contribution is 6.35. The number of carbonyl (C=O) groups is 2. The van der Waals surface area contributed by atoms with E-state index < -0.39 is 18.1 Å². The van der Waals surface area contributed by atoms with Gasteiger partial charge in [0.05, 0.1) is 138 Å². The Balaban J connectivity index is 0.639. The van der Waals surface area contributed by atoms with Gasteiger partial charge in [-0.25, -0.2) is 11.1 Å². The first-order valence-corrected chi connectivity index (χ1v) is 33.1. The van der Waals surface area contributed by atoms with Crippen LogP contribution < -0.4 is 21.3 Å². The van der Waals surface area contributed by atoms with Gasteiger partial charge in [-0.05, 0) is 90.3 Å². The van der Waals surface area contributed by atoms with Crippen molar-refractivity contribution in [2.75, 3.05) is 186 Å². The quantitative estimate of drug-likeness (QED) is 0.0154. The van der Waals surface area contributed by atoms with E-state index in [0.717, 1.165) is 70.7 Å². The van der Waals surface area contributed by atoms with Crippen molar-refractivity contribution in [1.82, 2.24) is 31.1 Å². The molecule has 0 bridgehead atoms. The Morgan fingerprint density at radius 2 is 0.872 bits per heavy atom. The lowest BCUT2D eigenvalue weighted by Gasteiger charge is -2.33. The first kappa shape index (κ1) is 77.7. The maximum Gasteiger partial charge on any atom is 0.251 e. The van der Waals surface area contributed by atoms with E-state index in [2.05, 4.69) is 79.7 Å². The van der Waals surface area contributed by atoms with Crippen molar-refractivity contribution in [3.8, 4) is 0 Å². The molecule has 2 aliphatic heterocycles. The Labute approximate surface area is 571 Å². The molecule has 4 aromatic rings. The molecule has 4 atom stereocenters. The van der Waals surface area contributed by atoms with Crippen molar-refractivity contribution in [3.05, 3.63) is 150 Å². The number of likely N-dealkylation sites (N-methyl/N-ethyl adjacent to an activating group) is 2. The molecule has 28 heteroatoms. The van der Waals surface area contributed by atoms with E-state index in [-0.39, 0.29) is 63.5 Å². The summed E-state index contributed by atoms with van der Waals surface area (Å²) in [6, 6.07) is 23.7. The number of carbonyl (C=O) groups excluding carboxylic acids is 2. The van der Waals surface area contributed by atoms with Crippen LogP contribution in [0.4, 0.5) is 0 Å². The Morgan fingerprint density at radius 3 is 1.24 bits per heavy atom. The van der Waals surface area contributed by atoms with Gasteiger partial charge in [0.15, 0.2) is 6.10 Å². The molecule has 8 N–H and O–H groups in total. The second-order valence-electron chi connectivity index (χ2n) is 22.2. The van der Waals surface area contributed by atoms with Crippen molar-refractivity contribution >= 4 is 69.6 Å². The second-order valence-corrected chi connectivity index (χ2v) is 23.9. The molecule has 2 amide bonds. The summed E-state index contributed by atoms with van der Waals surface area (Å²) in [5.74, 6) is -0.974. The molecule has 2 heterocycles. The van der Waals surface area contributed by atoms with E-state index in [0.29, 0.717) is 157 Å². The standard InChI is InChI=1S/C66H92Cl4N10O14/c1-79-43-55(53-37-51(67)39-59(69)57(53)45-79)47-5-3-7-49(35-47)61(77-71)41-73-11-15-85-19-23-89-27-31-93-33-29-91-25-21-87-17-13-75-64(82)10-9-63(81)65(83)66(84)76-14-18-88-22-26-92-30-34-94-32-28-90-24-20-86-16-12-74-42-62(78-72)50-8-4-6-48(36-50)56-44-80(2)46-58-54(56)38-52(68)40-60(58)70/h3-8,35-42,55-56,63,65,71-74,81,83H,9-34,43-46H2,1-2H3,(H,75,82)(H,76,84)/b61-41-,62-42-,77-71?,78-72?/t55?,56-,63-,65+/m0/s1. The summed E-state index contributed by atoms with van der Waals surface area (Å²) in [4.78, 5) is 29.1. The van der Waals surface area contributed by atoms with E-state index in [1.54, 1.807) is 24.5 Å². The van der Waals surface area contributed by atoms with E-state index in [1.165, 1.54) is 0 Å². The average molecular weight is 1390 g/mol. The molecule has 0 radical (unpaired) electrons. The van der Waals surface area contributed by atoms with Crippen molar-refractivity contribution < 1.29 is 67.2 Å². The van der Waals surface area contributed by atoms with Crippen LogP contribution in [0.2, 0.25) is 20.1 Å². The number of hydrogen-bond acceptors (Lipinski definition) is 22. The van der Waals surface area contributed by atoms with Crippen molar-refractivity contribution in [2.45, 2.75) is 50.0 Å². The van der Waals surface area contributed by atoms with Gasteiger partial charge < -0.3 is 88.6 Å². The zero-order chi connectivity index (χ0) is 67.1. The van der Waals surface area contributed by atoms with Crippen LogP contribution in [0.15, 0.2) is 95.4 Å². The number of amides is 2. The van der Waals surface area contributed by atoms with Gasteiger partial charge in [0.1, 0.15) is 11.4 Å². The summed E-state index contributed by atoms with van der Waals surface area (Å²) in [5, 5.41) is 42.2. The van der Waals surface area contributed by atoms with Crippen LogP contribution in [0, 0.1) is 11.1 Å². The SMILES string of the molecule is CN1Cc2c(Cl)cc(Cl)cc2C(c2cccc(/C(=C/NCCOCCOCCOCCOCCOCCNC(=O)CC[C@H](O)[C@@H](O)C(=O)NCCOCCOCCOCCOCCOCCN/C=C(\N=N)c3cccc([C@@H]4CN(C)Cc5c(Cl)cc(Cl)cc54)c3)N=N)c2)C1. The van der Waals surface area contributed by atoms with Gasteiger partial charge in [-0.2, -0.15) is 10.2 Å². The number of hydrogen-bond donors (Lipinski definition) is 8. The number of aliphatic hydroxyl groups excluding tert-OH is 2. The van der Waals surface area contributed by atoms with Crippen LogP contribution in [0.3, 0.4) is 0 Å². The van der Waals surface area contributed by atoms with Gasteiger partial charge in [0.2, 0.25) is 5.91 Å². The number of nitrogens with zero attached hydrogens (tertiary/aromatic N) is 4. The van der Waals surface area contributed by atoms with Crippen LogP contribution in [0.25, 0.3) is 11.4 Å². The first-order valence-electron chi connectivity index (χ1n) is 31.6. The smallest absolute Gasteiger partial charge is 0.251 e. The number of ether oxygens (including phenoxy) is 10. The summed E-state index contributed by atoms with van der Waals surface area (Å²) >= 11 is 25.9. The summed E-state index contributed by atoms with van der Waals surface area (Å²) in [6.07, 6.45) is 0.0971. The Hall–Kier alpha value is -5.30. The Kier molecular flexibility index (Phi) is 37.4. The number of rotatable bonds is 49. The van der Waals surface area contributed by atoms with Gasteiger partial charge in [0.25, 0.3) is 5.91 Å². The number of fused-ring (bicyclic) bond motifs is 2. The summed E-state index contributed by atoms with van der Waals surface area (Å²) < 4.78 is 55.6. The largest absolute Gasteiger partial charge is 0.390 e. The lowest BCUT2D eigenvalue weighted by molar-refractivity contribution is -0.136. The van der Waals surface area contributed by atoms with Crippen LogP contribution in [-0.4, -0.2) is 230 Å². The number of nitrogens with one attached hydrogen (secondary N) is 6. The fourth-order valence-corrected chi connectivity index (χ4v) is 11.5. The molecule has 24 nitrogen and oxygen atoms in total. The zero-order valence-corrected chi connectivity index (χ0v) is 56.7. The van der Waals surface area contributed by atoms with Crippen molar-refractivity contribution in [2.24, 2.45) is 10.2 Å². The predicted molar refractivity (Wildman–Crippen MR) is 360 cm³/mol. The second kappa shape index (κ2) is 45.3. The van der Waals surface area contributed by atoms with E-state index in [4.69, 9.17) is 105 Å². The summed E-state index contributed by atoms with van der Waals surface area (Å²) in [5.41, 5.74) is 24.9. The molecule has 0 fully saturated rings. The minimum Gasteiger partial charge on any atom is -0.390 e. The maximum absolute atomic E-state index is 12.3. The van der Waals surface area contributed by atoms with Crippen molar-refractivity contribution in [1.29, 1.82) is 11.1 Å². The minimum absolute atomic E-state index is 0.0748. The molecule has 94 heavy (non-hydrogen) atoms. The van der Waals surface area contributed by atoms with Crippen molar-refractivity contribution in [3.63, 3.8) is 0 Å². The maximum atomic E-state index is 12.3. The van der Waals surface area contributed by atoms with Gasteiger partial charge >= 0.3 is 0 Å². The van der Waals surface area contributed by atoms with Crippen LogP contribution >= 0.6 is 46.4 Å². The van der Waals surface area contributed by atoms with E-state index >= 15 is 0 Å². The summed E-state index contributed by atoms with van der Waals surface area (Å²) in [6.45, 7) is 11.9. The van der Waals surface area contributed by atoms with Crippen LogP contribution in [0.5, 0.6) is 0 Å². The summed E-state index contributed by atoms with van der Waals surface area (Å²) in [7, 11) is 4.15. The van der Waals surface area contributed by atoms with Crippen LogP contribution in [-0.2, 0) is 70.0 Å². The third-order valence-corrected chi connectivity index (χ3v) is 16.2. The van der Waals surface area contributed by atoms with E-state index in [1.807, 2.05) is 36.4 Å². The number of halogens is 4. The molecule has 0 saturated heterocycles. The molecule has 0 spiro atoms. The lowest BCUT2D eigenvalue weighted by Crippen LogP contribution is -2.43. The molecule has 518 valence electrons. The monoisotopic (exact) mass is 1390 g/mol. The molecular weight excluding hydrogens is 1300 g/mol. The molecule has 0 aliphatic carbocycles. The molecule has 0 saturated carbocycles. The topological polar surface area (TPSA) is 294 Å². The van der Waals surface area contributed by atoms with Crippen LogP contribution in [0.1, 0.15) is 69.2 Å².